The Morgan fingerprint density at radius 1 is 0.900 bits per heavy atom. The molecule has 0 unspecified atom stereocenters. The van der Waals surface area contributed by atoms with Crippen molar-refractivity contribution in [1.29, 1.82) is 0 Å². The molecule has 0 spiro atoms. The second-order valence-electron chi connectivity index (χ2n) is 9.35. The Labute approximate surface area is 231 Å². The van der Waals surface area contributed by atoms with Crippen molar-refractivity contribution in [3.63, 3.8) is 0 Å². The van der Waals surface area contributed by atoms with Crippen LogP contribution in [0.4, 0.5) is 19.3 Å². The first kappa shape index (κ1) is 25.5. The first-order chi connectivity index (χ1) is 19.4. The first-order valence-corrected chi connectivity index (χ1v) is 13.2. The first-order valence-electron chi connectivity index (χ1n) is 12.4. The van der Waals surface area contributed by atoms with Crippen molar-refractivity contribution in [2.45, 2.75) is 6.54 Å². The molecule has 3 amide bonds. The normalized spacial score (nSPS) is 14.6. The number of nitrogens with zero attached hydrogens (tertiary/aromatic N) is 2. The lowest BCUT2D eigenvalue weighted by Crippen LogP contribution is -2.36. The SMILES string of the molecule is O=C(CN1C(=O)S/C(=C\c2cn(Cc3ccc4ccccc4c3)c3ccccc23)C1=O)Nc1ccc(F)cc1F. The molecule has 1 saturated heterocycles. The van der Waals surface area contributed by atoms with E-state index in [1.165, 1.54) is 0 Å². The molecule has 1 aromatic heterocycles. The fraction of sp³-hybridized carbons (Fsp3) is 0.0645. The Balaban J connectivity index is 1.24. The minimum atomic E-state index is -0.956. The number of thioether (sulfide) groups is 1. The summed E-state index contributed by atoms with van der Waals surface area (Å²) >= 11 is 0.739. The summed E-state index contributed by atoms with van der Waals surface area (Å²) < 4.78 is 29.1. The molecule has 1 fully saturated rings. The van der Waals surface area contributed by atoms with E-state index >= 15 is 0 Å². The van der Waals surface area contributed by atoms with Crippen LogP contribution in [0.25, 0.3) is 27.8 Å². The Morgan fingerprint density at radius 3 is 2.50 bits per heavy atom. The molecular formula is C31H21F2N3O3S. The standard InChI is InChI=1S/C31H21F2N3O3S/c32-23-11-12-26(25(33)15-23)34-29(37)18-36-30(38)28(40-31(36)39)14-22-17-35(27-8-4-3-7-24(22)27)16-19-9-10-20-5-1-2-6-21(20)13-19/h1-15,17H,16,18H2,(H,34,37)/b28-14-. The van der Waals surface area contributed by atoms with E-state index in [4.69, 9.17) is 0 Å². The van der Waals surface area contributed by atoms with Gasteiger partial charge in [0.2, 0.25) is 5.91 Å². The fourth-order valence-electron chi connectivity index (χ4n) is 4.76. The third-order valence-corrected chi connectivity index (χ3v) is 7.56. The highest BCUT2D eigenvalue weighted by molar-refractivity contribution is 8.18. The monoisotopic (exact) mass is 553 g/mol. The molecule has 0 saturated carbocycles. The summed E-state index contributed by atoms with van der Waals surface area (Å²) in [6, 6.07) is 25.0. The Morgan fingerprint density at radius 2 is 1.68 bits per heavy atom. The zero-order chi connectivity index (χ0) is 27.8. The summed E-state index contributed by atoms with van der Waals surface area (Å²) in [5.74, 6) is -3.13. The van der Waals surface area contributed by atoms with E-state index in [-0.39, 0.29) is 10.6 Å². The predicted molar refractivity (Wildman–Crippen MR) is 153 cm³/mol. The van der Waals surface area contributed by atoms with E-state index < -0.39 is 35.2 Å². The molecule has 5 aromatic rings. The molecule has 6 rings (SSSR count). The summed E-state index contributed by atoms with van der Waals surface area (Å²) in [6.07, 6.45) is 3.60. The van der Waals surface area contributed by atoms with Gasteiger partial charge in [-0.1, -0.05) is 54.6 Å². The molecule has 0 radical (unpaired) electrons. The van der Waals surface area contributed by atoms with Gasteiger partial charge < -0.3 is 9.88 Å². The maximum atomic E-state index is 13.9. The van der Waals surface area contributed by atoms with Gasteiger partial charge in [0.15, 0.2) is 0 Å². The molecule has 0 aliphatic carbocycles. The molecule has 9 heteroatoms. The van der Waals surface area contributed by atoms with Crippen LogP contribution < -0.4 is 5.32 Å². The number of anilines is 1. The molecule has 1 N–H and O–H groups in total. The molecule has 4 aromatic carbocycles. The van der Waals surface area contributed by atoms with Gasteiger partial charge in [-0.15, -0.1) is 0 Å². The largest absolute Gasteiger partial charge is 0.342 e. The third kappa shape index (κ3) is 4.99. The van der Waals surface area contributed by atoms with Crippen LogP contribution in [0.2, 0.25) is 0 Å². The Bertz CT molecular complexity index is 1860. The number of nitrogens with one attached hydrogen (secondary N) is 1. The average molecular weight is 554 g/mol. The van der Waals surface area contributed by atoms with Crippen LogP contribution >= 0.6 is 11.8 Å². The topological polar surface area (TPSA) is 71.4 Å². The zero-order valence-corrected chi connectivity index (χ0v) is 21.8. The zero-order valence-electron chi connectivity index (χ0n) is 20.9. The van der Waals surface area contributed by atoms with Crippen molar-refractivity contribution in [2.24, 2.45) is 0 Å². The van der Waals surface area contributed by atoms with E-state index in [9.17, 15) is 23.2 Å². The van der Waals surface area contributed by atoms with Crippen LogP contribution in [-0.2, 0) is 16.1 Å². The van der Waals surface area contributed by atoms with Gasteiger partial charge in [-0.25, -0.2) is 8.78 Å². The van der Waals surface area contributed by atoms with Gasteiger partial charge in [0, 0.05) is 35.3 Å². The second kappa shape index (κ2) is 10.4. The lowest BCUT2D eigenvalue weighted by atomic mass is 10.1. The van der Waals surface area contributed by atoms with Crippen molar-refractivity contribution in [3.05, 3.63) is 119 Å². The maximum Gasteiger partial charge on any atom is 0.294 e. The number of fused-ring (bicyclic) bond motifs is 2. The highest BCUT2D eigenvalue weighted by Gasteiger charge is 2.36. The van der Waals surface area contributed by atoms with Crippen LogP contribution in [0.1, 0.15) is 11.1 Å². The number of hydrogen-bond donors (Lipinski definition) is 1. The van der Waals surface area contributed by atoms with Crippen molar-refractivity contribution in [2.75, 3.05) is 11.9 Å². The van der Waals surface area contributed by atoms with Gasteiger partial charge in [-0.05, 0) is 58.4 Å². The van der Waals surface area contributed by atoms with Crippen molar-refractivity contribution in [1.82, 2.24) is 9.47 Å². The van der Waals surface area contributed by atoms with E-state index in [2.05, 4.69) is 40.2 Å². The van der Waals surface area contributed by atoms with Crippen LogP contribution in [0.5, 0.6) is 0 Å². The molecule has 0 bridgehead atoms. The van der Waals surface area contributed by atoms with Gasteiger partial charge in [0.25, 0.3) is 11.1 Å². The fourth-order valence-corrected chi connectivity index (χ4v) is 5.59. The smallest absolute Gasteiger partial charge is 0.294 e. The number of amides is 3. The molecule has 1 aliphatic heterocycles. The summed E-state index contributed by atoms with van der Waals surface area (Å²) in [5.41, 5.74) is 2.62. The van der Waals surface area contributed by atoms with E-state index in [0.717, 1.165) is 61.6 Å². The number of rotatable bonds is 6. The Hall–Kier alpha value is -4.76. The summed E-state index contributed by atoms with van der Waals surface area (Å²) in [7, 11) is 0. The van der Waals surface area contributed by atoms with Crippen LogP contribution in [0, 0.1) is 11.6 Å². The summed E-state index contributed by atoms with van der Waals surface area (Å²) in [6.45, 7) is 0.0172. The number of para-hydroxylation sites is 1. The third-order valence-electron chi connectivity index (χ3n) is 6.65. The molecule has 1 aliphatic rings. The van der Waals surface area contributed by atoms with Gasteiger partial charge >= 0.3 is 0 Å². The van der Waals surface area contributed by atoms with Crippen LogP contribution in [0.3, 0.4) is 0 Å². The highest BCUT2D eigenvalue weighted by atomic mass is 32.2. The van der Waals surface area contributed by atoms with E-state index in [1.807, 2.05) is 42.6 Å². The molecule has 2 heterocycles. The maximum absolute atomic E-state index is 13.9. The second-order valence-corrected chi connectivity index (χ2v) is 10.3. The lowest BCUT2D eigenvalue weighted by Gasteiger charge is -2.12. The van der Waals surface area contributed by atoms with Crippen molar-refractivity contribution < 1.29 is 23.2 Å². The van der Waals surface area contributed by atoms with Crippen molar-refractivity contribution in [3.8, 4) is 0 Å². The number of carbonyl (C=O) groups excluding carboxylic acids is 3. The summed E-state index contributed by atoms with van der Waals surface area (Å²) in [5, 5.41) is 4.90. The highest BCUT2D eigenvalue weighted by Crippen LogP contribution is 2.34. The van der Waals surface area contributed by atoms with E-state index in [0.29, 0.717) is 12.6 Å². The average Bonchev–Trinajstić information content (AvgIpc) is 3.42. The number of carbonyl (C=O) groups is 3. The Kier molecular flexibility index (Phi) is 6.65. The number of benzene rings is 4. The van der Waals surface area contributed by atoms with Gasteiger partial charge in [0.1, 0.15) is 18.2 Å². The number of halogens is 2. The molecule has 198 valence electrons. The minimum absolute atomic E-state index is 0.180. The molecule has 0 atom stereocenters. The number of hydrogen-bond acceptors (Lipinski definition) is 4. The number of aromatic nitrogens is 1. The number of imide groups is 1. The summed E-state index contributed by atoms with van der Waals surface area (Å²) in [4.78, 5) is 39.1. The van der Waals surface area contributed by atoms with E-state index in [1.54, 1.807) is 6.08 Å². The molecule has 40 heavy (non-hydrogen) atoms. The molecular weight excluding hydrogens is 532 g/mol. The van der Waals surface area contributed by atoms with Gasteiger partial charge in [-0.3, -0.25) is 19.3 Å². The predicted octanol–water partition coefficient (Wildman–Crippen LogP) is 6.80. The minimum Gasteiger partial charge on any atom is -0.342 e. The van der Waals surface area contributed by atoms with Crippen LogP contribution in [0.15, 0.2) is 96.0 Å². The van der Waals surface area contributed by atoms with Crippen LogP contribution in [-0.4, -0.2) is 33.1 Å². The quantitative estimate of drug-likeness (QED) is 0.235. The van der Waals surface area contributed by atoms with Gasteiger partial charge in [0.05, 0.1) is 10.6 Å². The molecule has 6 nitrogen and oxygen atoms in total. The van der Waals surface area contributed by atoms with Gasteiger partial charge in [-0.2, -0.15) is 0 Å². The lowest BCUT2D eigenvalue weighted by molar-refractivity contribution is -0.127. The van der Waals surface area contributed by atoms with Crippen molar-refractivity contribution >= 4 is 62.3 Å².